The molecule has 3 aromatic rings. The number of fused-ring (bicyclic) bond motifs is 1. The molecule has 6 heteroatoms. The molecule has 0 radical (unpaired) electrons. The van der Waals surface area contributed by atoms with E-state index < -0.39 is 6.03 Å². The number of H-pyrrole nitrogens is 1. The quantitative estimate of drug-likeness (QED) is 0.640. The Hall–Kier alpha value is -2.79. The molecule has 0 aliphatic carbocycles. The van der Waals surface area contributed by atoms with Crippen molar-refractivity contribution in [2.24, 2.45) is 0 Å². The van der Waals surface area contributed by atoms with Gasteiger partial charge in [-0.25, -0.2) is 4.79 Å². The van der Waals surface area contributed by atoms with E-state index in [2.05, 4.69) is 15.6 Å². The SMILES string of the molecule is CNC(=O)Nc1c(C(=O)c2ccccc2)[nH]c2cc(Cl)ccc12. The third-order valence-corrected chi connectivity index (χ3v) is 3.72. The van der Waals surface area contributed by atoms with Crippen LogP contribution in [0.15, 0.2) is 48.5 Å². The summed E-state index contributed by atoms with van der Waals surface area (Å²) in [4.78, 5) is 27.5. The fourth-order valence-corrected chi connectivity index (χ4v) is 2.55. The Morgan fingerprint density at radius 2 is 1.83 bits per heavy atom. The first-order chi connectivity index (χ1) is 11.1. The average Bonchev–Trinajstić information content (AvgIpc) is 2.92. The van der Waals surface area contributed by atoms with Gasteiger partial charge < -0.3 is 15.6 Å². The van der Waals surface area contributed by atoms with Gasteiger partial charge in [-0.2, -0.15) is 0 Å². The number of anilines is 1. The Balaban J connectivity index is 2.16. The molecule has 116 valence electrons. The third kappa shape index (κ3) is 2.91. The summed E-state index contributed by atoms with van der Waals surface area (Å²) < 4.78 is 0. The van der Waals surface area contributed by atoms with Crippen LogP contribution in [0.1, 0.15) is 16.1 Å². The number of benzene rings is 2. The first-order valence-corrected chi connectivity index (χ1v) is 7.37. The van der Waals surface area contributed by atoms with Crippen LogP contribution < -0.4 is 10.6 Å². The predicted octanol–water partition coefficient (Wildman–Crippen LogP) is 3.80. The van der Waals surface area contributed by atoms with E-state index >= 15 is 0 Å². The van der Waals surface area contributed by atoms with Gasteiger partial charge in [-0.3, -0.25) is 4.79 Å². The molecule has 3 rings (SSSR count). The van der Waals surface area contributed by atoms with E-state index in [1.54, 1.807) is 42.5 Å². The van der Waals surface area contributed by atoms with Gasteiger partial charge in [-0.1, -0.05) is 41.9 Å². The van der Waals surface area contributed by atoms with Gasteiger partial charge in [0.25, 0.3) is 0 Å². The molecule has 0 aliphatic heterocycles. The summed E-state index contributed by atoms with van der Waals surface area (Å²) in [6.07, 6.45) is 0. The number of aromatic amines is 1. The molecule has 2 aromatic carbocycles. The summed E-state index contributed by atoms with van der Waals surface area (Å²) in [5.74, 6) is -0.204. The minimum Gasteiger partial charge on any atom is -0.350 e. The largest absolute Gasteiger partial charge is 0.350 e. The Labute approximate surface area is 137 Å². The molecule has 0 saturated carbocycles. The van der Waals surface area contributed by atoms with Gasteiger partial charge >= 0.3 is 6.03 Å². The van der Waals surface area contributed by atoms with Gasteiger partial charge in [0.15, 0.2) is 0 Å². The smallest absolute Gasteiger partial charge is 0.319 e. The molecule has 23 heavy (non-hydrogen) atoms. The van der Waals surface area contributed by atoms with Crippen LogP contribution in [-0.2, 0) is 0 Å². The number of halogens is 1. The molecule has 2 amide bonds. The van der Waals surface area contributed by atoms with Gasteiger partial charge in [0.05, 0.1) is 5.69 Å². The minimum atomic E-state index is -0.400. The normalized spacial score (nSPS) is 10.5. The summed E-state index contributed by atoms with van der Waals surface area (Å²) in [5, 5.41) is 6.46. The van der Waals surface area contributed by atoms with Gasteiger partial charge in [-0.05, 0) is 18.2 Å². The van der Waals surface area contributed by atoms with Crippen molar-refractivity contribution in [3.05, 3.63) is 64.8 Å². The van der Waals surface area contributed by atoms with Crippen molar-refractivity contribution in [3.63, 3.8) is 0 Å². The number of nitrogens with one attached hydrogen (secondary N) is 3. The maximum Gasteiger partial charge on any atom is 0.319 e. The molecule has 0 atom stereocenters. The van der Waals surface area contributed by atoms with E-state index in [1.165, 1.54) is 7.05 Å². The maximum atomic E-state index is 12.8. The number of carbonyl (C=O) groups excluding carboxylic acids is 2. The first-order valence-electron chi connectivity index (χ1n) is 7.00. The second-order valence-corrected chi connectivity index (χ2v) is 5.40. The van der Waals surface area contributed by atoms with Gasteiger partial charge in [0.1, 0.15) is 5.69 Å². The van der Waals surface area contributed by atoms with Gasteiger partial charge in [0.2, 0.25) is 5.78 Å². The van der Waals surface area contributed by atoms with Crippen molar-refractivity contribution in [2.75, 3.05) is 12.4 Å². The summed E-state index contributed by atoms with van der Waals surface area (Å²) >= 11 is 6.01. The first kappa shape index (κ1) is 15.1. The van der Waals surface area contributed by atoms with Gasteiger partial charge in [-0.15, -0.1) is 0 Å². The Kier molecular flexibility index (Phi) is 4.04. The van der Waals surface area contributed by atoms with Crippen molar-refractivity contribution in [1.82, 2.24) is 10.3 Å². The lowest BCUT2D eigenvalue weighted by Gasteiger charge is -2.06. The fraction of sp³-hybridized carbons (Fsp3) is 0.0588. The van der Waals surface area contributed by atoms with Crippen LogP contribution >= 0.6 is 11.6 Å². The van der Waals surface area contributed by atoms with Crippen LogP contribution in [0.3, 0.4) is 0 Å². The molecular formula is C17H14ClN3O2. The summed E-state index contributed by atoms with van der Waals surface area (Å²) in [7, 11) is 1.51. The number of hydrogen-bond acceptors (Lipinski definition) is 2. The Bertz CT molecular complexity index is 887. The minimum absolute atomic E-state index is 0.204. The van der Waals surface area contributed by atoms with Crippen LogP contribution in [0, 0.1) is 0 Å². The molecule has 0 aliphatic rings. The molecule has 0 unspecified atom stereocenters. The van der Waals surface area contributed by atoms with Crippen LogP contribution in [0.4, 0.5) is 10.5 Å². The van der Waals surface area contributed by atoms with Crippen molar-refractivity contribution >= 4 is 40.0 Å². The summed E-state index contributed by atoms with van der Waals surface area (Å²) in [5.41, 5.74) is 1.97. The number of urea groups is 1. The number of rotatable bonds is 3. The highest BCUT2D eigenvalue weighted by molar-refractivity contribution is 6.31. The molecule has 0 saturated heterocycles. The van der Waals surface area contributed by atoms with Crippen LogP contribution in [0.5, 0.6) is 0 Å². The van der Waals surface area contributed by atoms with Crippen molar-refractivity contribution in [2.45, 2.75) is 0 Å². The van der Waals surface area contributed by atoms with E-state index in [9.17, 15) is 9.59 Å². The number of carbonyl (C=O) groups is 2. The predicted molar refractivity (Wildman–Crippen MR) is 91.3 cm³/mol. The zero-order valence-corrected chi connectivity index (χ0v) is 13.1. The van der Waals surface area contributed by atoms with Crippen molar-refractivity contribution in [3.8, 4) is 0 Å². The highest BCUT2D eigenvalue weighted by Crippen LogP contribution is 2.31. The molecular weight excluding hydrogens is 314 g/mol. The summed E-state index contributed by atoms with van der Waals surface area (Å²) in [6.45, 7) is 0. The molecule has 3 N–H and O–H groups in total. The standard InChI is InChI=1S/C17H14ClN3O2/c1-19-17(23)21-14-12-8-7-11(18)9-13(12)20-15(14)16(22)10-5-3-2-4-6-10/h2-9,20H,1H3,(H2,19,21,23). The number of ketones is 1. The second kappa shape index (κ2) is 6.14. The second-order valence-electron chi connectivity index (χ2n) is 4.96. The molecule has 0 spiro atoms. The molecule has 0 bridgehead atoms. The summed E-state index contributed by atoms with van der Waals surface area (Å²) in [6, 6.07) is 13.7. The molecule has 1 aromatic heterocycles. The van der Waals surface area contributed by atoms with E-state index in [4.69, 9.17) is 11.6 Å². The van der Waals surface area contributed by atoms with Crippen LogP contribution in [0.25, 0.3) is 10.9 Å². The lowest BCUT2D eigenvalue weighted by molar-refractivity contribution is 0.103. The van der Waals surface area contributed by atoms with Gasteiger partial charge in [0, 0.05) is 28.5 Å². The molecule has 5 nitrogen and oxygen atoms in total. The molecule has 1 heterocycles. The van der Waals surface area contributed by atoms with E-state index in [-0.39, 0.29) is 5.78 Å². The van der Waals surface area contributed by atoms with E-state index in [0.29, 0.717) is 27.5 Å². The highest BCUT2D eigenvalue weighted by atomic mass is 35.5. The maximum absolute atomic E-state index is 12.8. The topological polar surface area (TPSA) is 74.0 Å². The fourth-order valence-electron chi connectivity index (χ4n) is 2.38. The highest BCUT2D eigenvalue weighted by Gasteiger charge is 2.20. The lowest BCUT2D eigenvalue weighted by Crippen LogP contribution is -2.25. The van der Waals surface area contributed by atoms with Crippen molar-refractivity contribution < 1.29 is 9.59 Å². The Morgan fingerprint density at radius 3 is 2.52 bits per heavy atom. The monoisotopic (exact) mass is 327 g/mol. The number of amides is 2. The average molecular weight is 328 g/mol. The van der Waals surface area contributed by atoms with Crippen LogP contribution in [-0.4, -0.2) is 23.8 Å². The van der Waals surface area contributed by atoms with E-state index in [1.807, 2.05) is 6.07 Å². The van der Waals surface area contributed by atoms with Crippen molar-refractivity contribution in [1.29, 1.82) is 0 Å². The lowest BCUT2D eigenvalue weighted by atomic mass is 10.1. The van der Waals surface area contributed by atoms with Crippen LogP contribution in [0.2, 0.25) is 5.02 Å². The zero-order valence-electron chi connectivity index (χ0n) is 12.3. The van der Waals surface area contributed by atoms with E-state index in [0.717, 1.165) is 5.39 Å². The number of hydrogen-bond donors (Lipinski definition) is 3. The zero-order chi connectivity index (χ0) is 16.4. The third-order valence-electron chi connectivity index (χ3n) is 3.49. The number of aromatic nitrogens is 1. The Morgan fingerprint density at radius 1 is 1.09 bits per heavy atom. The molecule has 0 fully saturated rings.